The van der Waals surface area contributed by atoms with Crippen molar-refractivity contribution in [3.05, 3.63) is 239 Å². The number of phosphoric ester groups is 1. The second-order valence-corrected chi connectivity index (χ2v) is 20.0. The molecule has 8 rings (SSSR count). The Hall–Kier alpha value is -7.46. The van der Waals surface area contributed by atoms with Crippen LogP contribution in [0.15, 0.2) is 200 Å². The van der Waals surface area contributed by atoms with Gasteiger partial charge in [-0.3, -0.25) is 23.5 Å². The number of esters is 1. The molecule has 0 saturated carbocycles. The number of hydrogen-bond acceptors (Lipinski definition) is 14. The number of ketones is 1. The molecule has 1 aliphatic heterocycles. The van der Waals surface area contributed by atoms with Crippen LogP contribution in [0.5, 0.6) is 11.5 Å². The van der Waals surface area contributed by atoms with Gasteiger partial charge < -0.3 is 28.6 Å². The maximum Gasteiger partial charge on any atom is 0.530 e. The summed E-state index contributed by atoms with van der Waals surface area (Å²) in [6, 6.07) is 59.4. The Balaban J connectivity index is 1.14. The summed E-state index contributed by atoms with van der Waals surface area (Å²) in [7, 11) is -4.42. The molecule has 1 fully saturated rings. The topological polar surface area (TPSA) is 172 Å². The largest absolute Gasteiger partial charge is 0.530 e. The first-order chi connectivity index (χ1) is 37.0. The monoisotopic (exact) mass is 1050 g/mol. The van der Waals surface area contributed by atoms with Gasteiger partial charge in [0.25, 0.3) is 0 Å². The molecule has 2 N–H and O–H groups in total. The quantitative estimate of drug-likeness (QED) is 0.0216. The van der Waals surface area contributed by atoms with E-state index < -0.39 is 43.7 Å². The third-order valence-electron chi connectivity index (χ3n) is 12.7. The first-order valence-corrected chi connectivity index (χ1v) is 26.5. The Morgan fingerprint density at radius 1 is 0.605 bits per heavy atom. The number of aliphatic hydroxyl groups excluding tert-OH is 1. The van der Waals surface area contributed by atoms with E-state index >= 15 is 4.79 Å². The lowest BCUT2D eigenvalue weighted by Gasteiger charge is -2.42. The van der Waals surface area contributed by atoms with E-state index in [-0.39, 0.29) is 64.1 Å². The summed E-state index contributed by atoms with van der Waals surface area (Å²) in [6.45, 7) is 1.37. The smallest absolute Gasteiger partial charge is 0.485 e. The Morgan fingerprint density at radius 3 is 1.58 bits per heavy atom. The highest BCUT2D eigenvalue weighted by Crippen LogP contribution is 2.53. The Bertz CT molecular complexity index is 2920. The summed E-state index contributed by atoms with van der Waals surface area (Å²) in [4.78, 5) is 44.9. The van der Waals surface area contributed by atoms with Crippen molar-refractivity contribution in [3.63, 3.8) is 0 Å². The van der Waals surface area contributed by atoms with Crippen LogP contribution in [0.25, 0.3) is 0 Å². The van der Waals surface area contributed by atoms with Gasteiger partial charge in [-0.05, 0) is 83.8 Å². The second kappa shape index (κ2) is 27.4. The van der Waals surface area contributed by atoms with E-state index in [1.807, 2.05) is 170 Å². The zero-order valence-corrected chi connectivity index (χ0v) is 43.2. The molecule has 0 aliphatic carbocycles. The number of rotatable bonds is 27. The zero-order chi connectivity index (χ0) is 53.0. The van der Waals surface area contributed by atoms with Crippen molar-refractivity contribution in [1.29, 1.82) is 0 Å². The van der Waals surface area contributed by atoms with Crippen molar-refractivity contribution in [2.75, 3.05) is 13.1 Å². The molecule has 16 heteroatoms. The summed E-state index contributed by atoms with van der Waals surface area (Å²) < 4.78 is 57.0. The van der Waals surface area contributed by atoms with Gasteiger partial charge in [-0.1, -0.05) is 188 Å². The van der Waals surface area contributed by atoms with E-state index in [0.717, 1.165) is 27.3 Å². The summed E-state index contributed by atoms with van der Waals surface area (Å²) in [5.74, 6) is -0.848. The molecule has 15 nitrogen and oxygen atoms in total. The molecule has 1 heterocycles. The first-order valence-electron chi connectivity index (χ1n) is 25.1. The highest BCUT2D eigenvalue weighted by molar-refractivity contribution is 7.48. The standard InChI is InChI=1S/C60H62N3O12P/c1-60(56(64)39-62-36-20-33-53(62)57(65)70-41-47-23-10-3-11-24-47,63(59(67)72-43-49-27-14-5-15-28-49)61-58(66)71-42-48-25-12-4-13-26-48)38-52-34-35-54(55(37-52)69-40-46-21-8-2-9-22-46)75-76(68,73-44-50-29-16-6-17-30-50)74-45-51-31-18-7-19-32-51/h2-19,21-32,34-35,37,53,59,67H,20,33,36,38-45H2,1H3,(H,61,66)/t53-,59?,60-/m0/s1. The minimum atomic E-state index is -4.42. The molecule has 1 saturated heterocycles. The fraction of sp³-hybridized carbons (Fsp3) is 0.250. The highest BCUT2D eigenvalue weighted by Gasteiger charge is 2.47. The van der Waals surface area contributed by atoms with E-state index in [9.17, 15) is 19.3 Å². The van der Waals surface area contributed by atoms with Crippen LogP contribution < -0.4 is 14.7 Å². The van der Waals surface area contributed by atoms with Gasteiger partial charge in [0, 0.05) is 0 Å². The van der Waals surface area contributed by atoms with Crippen molar-refractivity contribution in [2.45, 2.75) is 83.8 Å². The SMILES string of the molecule is C[C@](Cc1ccc(OP(=O)(OCc2ccccc2)OCc2ccccc2)c(OCc2ccccc2)c1)(C(=O)CN1CCC[C@H]1C(=O)OCc1ccccc1)N(NC(=O)OCc1ccccc1)C(O)OCc1ccccc1. The van der Waals surface area contributed by atoms with Gasteiger partial charge in [-0.15, -0.1) is 0 Å². The lowest BCUT2D eigenvalue weighted by molar-refractivity contribution is -0.241. The van der Waals surface area contributed by atoms with Gasteiger partial charge in [-0.25, -0.2) is 14.8 Å². The predicted molar refractivity (Wildman–Crippen MR) is 285 cm³/mol. The second-order valence-electron chi connectivity index (χ2n) is 18.4. The molecule has 1 amide bonds. The van der Waals surface area contributed by atoms with E-state index in [4.69, 9.17) is 32.5 Å². The molecular weight excluding hydrogens is 986 g/mol. The molecule has 0 bridgehead atoms. The van der Waals surface area contributed by atoms with Crippen molar-refractivity contribution >= 4 is 25.7 Å². The summed E-state index contributed by atoms with van der Waals surface area (Å²) in [6.07, 6.45) is -2.06. The Morgan fingerprint density at radius 2 is 1.07 bits per heavy atom. The summed E-state index contributed by atoms with van der Waals surface area (Å²) >= 11 is 0. The molecule has 394 valence electrons. The van der Waals surface area contributed by atoms with Crippen molar-refractivity contribution in [1.82, 2.24) is 15.3 Å². The van der Waals surface area contributed by atoms with Crippen LogP contribution in [-0.4, -0.2) is 63.9 Å². The number of nitrogens with one attached hydrogen (secondary N) is 1. The number of hydrogen-bond donors (Lipinski definition) is 2. The molecule has 0 radical (unpaired) electrons. The number of amides is 1. The normalized spacial score (nSPS) is 14.8. The molecular formula is C60H62N3O12P. The molecule has 7 aromatic rings. The van der Waals surface area contributed by atoms with Crippen LogP contribution in [0.2, 0.25) is 0 Å². The minimum Gasteiger partial charge on any atom is -0.485 e. The molecule has 7 aromatic carbocycles. The maximum atomic E-state index is 15.5. The van der Waals surface area contributed by atoms with Gasteiger partial charge in [0.2, 0.25) is 6.41 Å². The predicted octanol–water partition coefficient (Wildman–Crippen LogP) is 10.9. The number of carbonyl (C=O) groups is 3. The minimum absolute atomic E-state index is 0.0109. The van der Waals surface area contributed by atoms with E-state index in [0.29, 0.717) is 36.1 Å². The Kier molecular flexibility index (Phi) is 19.7. The van der Waals surface area contributed by atoms with Crippen LogP contribution in [0.4, 0.5) is 4.79 Å². The molecule has 3 atom stereocenters. The lowest BCUT2D eigenvalue weighted by Crippen LogP contribution is -2.66. The van der Waals surface area contributed by atoms with Crippen LogP contribution in [0, 0.1) is 0 Å². The number of likely N-dealkylation sites (tertiary alicyclic amines) is 1. The van der Waals surface area contributed by atoms with E-state index in [1.165, 1.54) is 0 Å². The number of phosphoric acid groups is 1. The number of aliphatic hydroxyl groups is 1. The zero-order valence-electron chi connectivity index (χ0n) is 42.3. The van der Waals surface area contributed by atoms with Crippen LogP contribution in [-0.2, 0) is 83.5 Å². The maximum absolute atomic E-state index is 15.5. The van der Waals surface area contributed by atoms with Gasteiger partial charge in [0.1, 0.15) is 31.4 Å². The fourth-order valence-corrected chi connectivity index (χ4v) is 9.71. The number of carbonyl (C=O) groups excluding carboxylic acids is 3. The fourth-order valence-electron chi connectivity index (χ4n) is 8.53. The summed E-state index contributed by atoms with van der Waals surface area (Å²) in [5, 5.41) is 13.2. The number of ether oxygens (including phenoxy) is 4. The van der Waals surface area contributed by atoms with Gasteiger partial charge in [-0.2, -0.15) is 5.01 Å². The number of hydrazine groups is 1. The van der Waals surface area contributed by atoms with E-state index in [2.05, 4.69) is 5.43 Å². The van der Waals surface area contributed by atoms with Gasteiger partial charge in [0.15, 0.2) is 17.3 Å². The van der Waals surface area contributed by atoms with E-state index in [1.54, 1.807) is 42.2 Å². The van der Waals surface area contributed by atoms with Crippen LogP contribution in [0.3, 0.4) is 0 Å². The number of Topliss-reactive ketones (excluding diaryl/α,β-unsaturated/α-hetero) is 1. The Labute approximate surface area is 443 Å². The van der Waals surface area contributed by atoms with Crippen molar-refractivity contribution in [2.24, 2.45) is 0 Å². The summed E-state index contributed by atoms with van der Waals surface area (Å²) in [5.41, 5.74) is 5.76. The molecule has 1 aliphatic rings. The van der Waals surface area contributed by atoms with Crippen molar-refractivity contribution < 1.29 is 56.6 Å². The van der Waals surface area contributed by atoms with Gasteiger partial charge in [0.05, 0.1) is 26.4 Å². The highest BCUT2D eigenvalue weighted by atomic mass is 31.2. The molecule has 76 heavy (non-hydrogen) atoms. The average Bonchev–Trinajstić information content (AvgIpc) is 3.95. The molecule has 0 aromatic heterocycles. The molecule has 1 unspecified atom stereocenters. The number of nitrogens with zero attached hydrogens (tertiary/aromatic N) is 2. The van der Waals surface area contributed by atoms with Crippen molar-refractivity contribution in [3.8, 4) is 11.5 Å². The third-order valence-corrected chi connectivity index (χ3v) is 14.0. The number of benzene rings is 7. The van der Waals surface area contributed by atoms with Gasteiger partial charge >= 0.3 is 19.9 Å². The third kappa shape index (κ3) is 16.0. The molecule has 0 spiro atoms. The lowest BCUT2D eigenvalue weighted by atomic mass is 9.87. The van der Waals surface area contributed by atoms with Crippen LogP contribution >= 0.6 is 7.82 Å². The first kappa shape index (κ1) is 54.8. The van der Waals surface area contributed by atoms with Crippen LogP contribution in [0.1, 0.15) is 58.7 Å². The average molecular weight is 1050 g/mol.